The van der Waals surface area contributed by atoms with E-state index in [1.54, 1.807) is 11.3 Å². The quantitative estimate of drug-likeness (QED) is 0.801. The molecule has 1 rings (SSSR count). The summed E-state index contributed by atoms with van der Waals surface area (Å²) < 4.78 is 4.44. The SMILES string of the molecule is COC(=O)NCCc1scnc1C. The van der Waals surface area contributed by atoms with Crippen molar-refractivity contribution in [1.29, 1.82) is 0 Å². The zero-order valence-corrected chi connectivity index (χ0v) is 8.48. The lowest BCUT2D eigenvalue weighted by molar-refractivity contribution is 0.171. The topological polar surface area (TPSA) is 51.2 Å². The van der Waals surface area contributed by atoms with Gasteiger partial charge in [0.2, 0.25) is 0 Å². The van der Waals surface area contributed by atoms with Crippen molar-refractivity contribution in [2.24, 2.45) is 0 Å². The highest BCUT2D eigenvalue weighted by atomic mass is 32.1. The summed E-state index contributed by atoms with van der Waals surface area (Å²) in [5.41, 5.74) is 2.85. The number of rotatable bonds is 3. The Bertz CT molecular complexity index is 285. The van der Waals surface area contributed by atoms with Gasteiger partial charge in [0.15, 0.2) is 0 Å². The molecule has 1 aromatic rings. The van der Waals surface area contributed by atoms with Crippen LogP contribution < -0.4 is 5.32 Å². The first-order valence-electron chi connectivity index (χ1n) is 3.95. The maximum Gasteiger partial charge on any atom is 0.406 e. The molecule has 1 amide bonds. The fourth-order valence-corrected chi connectivity index (χ4v) is 1.70. The molecule has 1 N–H and O–H groups in total. The number of ether oxygens (including phenoxy) is 1. The van der Waals surface area contributed by atoms with Gasteiger partial charge in [-0.05, 0) is 6.92 Å². The first-order valence-corrected chi connectivity index (χ1v) is 4.82. The summed E-state index contributed by atoms with van der Waals surface area (Å²) in [6.45, 7) is 2.56. The predicted molar refractivity (Wildman–Crippen MR) is 51.0 cm³/mol. The third-order valence-electron chi connectivity index (χ3n) is 1.65. The number of thiazole rings is 1. The van der Waals surface area contributed by atoms with Crippen molar-refractivity contribution >= 4 is 17.4 Å². The molecule has 0 bridgehead atoms. The highest BCUT2D eigenvalue weighted by molar-refractivity contribution is 7.09. The summed E-state index contributed by atoms with van der Waals surface area (Å²) in [5.74, 6) is 0. The van der Waals surface area contributed by atoms with Gasteiger partial charge in [-0.25, -0.2) is 9.78 Å². The van der Waals surface area contributed by atoms with Crippen LogP contribution in [0.1, 0.15) is 10.6 Å². The van der Waals surface area contributed by atoms with E-state index in [1.165, 1.54) is 12.0 Å². The van der Waals surface area contributed by atoms with E-state index in [4.69, 9.17) is 0 Å². The zero-order valence-electron chi connectivity index (χ0n) is 7.66. The molecule has 0 saturated carbocycles. The number of hydrogen-bond acceptors (Lipinski definition) is 4. The van der Waals surface area contributed by atoms with Crippen molar-refractivity contribution < 1.29 is 9.53 Å². The van der Waals surface area contributed by atoms with Gasteiger partial charge in [0, 0.05) is 17.8 Å². The second-order valence-corrected chi connectivity index (χ2v) is 3.47. The Hall–Kier alpha value is -1.10. The van der Waals surface area contributed by atoms with E-state index in [-0.39, 0.29) is 6.09 Å². The third kappa shape index (κ3) is 3.02. The van der Waals surface area contributed by atoms with Crippen LogP contribution in [0.25, 0.3) is 0 Å². The van der Waals surface area contributed by atoms with E-state index in [9.17, 15) is 4.79 Å². The van der Waals surface area contributed by atoms with E-state index in [0.29, 0.717) is 6.54 Å². The van der Waals surface area contributed by atoms with Crippen LogP contribution >= 0.6 is 11.3 Å². The van der Waals surface area contributed by atoms with Crippen LogP contribution in [0.4, 0.5) is 4.79 Å². The van der Waals surface area contributed by atoms with Crippen LogP contribution in [0.5, 0.6) is 0 Å². The fourth-order valence-electron chi connectivity index (χ4n) is 0.916. The summed E-state index contributed by atoms with van der Waals surface area (Å²) >= 11 is 1.61. The van der Waals surface area contributed by atoms with E-state index in [0.717, 1.165) is 12.1 Å². The highest BCUT2D eigenvalue weighted by Gasteiger charge is 2.02. The van der Waals surface area contributed by atoms with E-state index in [1.807, 2.05) is 12.4 Å². The van der Waals surface area contributed by atoms with Crippen molar-refractivity contribution in [2.75, 3.05) is 13.7 Å². The molecule has 5 heteroatoms. The zero-order chi connectivity index (χ0) is 9.68. The average Bonchev–Trinajstić information content (AvgIpc) is 2.52. The molecular weight excluding hydrogens is 188 g/mol. The Kier molecular flexibility index (Phi) is 3.70. The number of methoxy groups -OCH3 is 1. The molecule has 0 aliphatic heterocycles. The predicted octanol–water partition coefficient (Wildman–Crippen LogP) is 1.35. The van der Waals surface area contributed by atoms with Crippen LogP contribution in [0.15, 0.2) is 5.51 Å². The van der Waals surface area contributed by atoms with Gasteiger partial charge in [0.25, 0.3) is 0 Å². The normalized spacial score (nSPS) is 9.69. The van der Waals surface area contributed by atoms with Crippen LogP contribution in [-0.2, 0) is 11.2 Å². The largest absolute Gasteiger partial charge is 0.453 e. The van der Waals surface area contributed by atoms with Crippen LogP contribution in [-0.4, -0.2) is 24.7 Å². The fraction of sp³-hybridized carbons (Fsp3) is 0.500. The summed E-state index contributed by atoms with van der Waals surface area (Å²) in [6, 6.07) is 0. The molecule has 0 radical (unpaired) electrons. The number of nitrogens with zero attached hydrogens (tertiary/aromatic N) is 1. The van der Waals surface area contributed by atoms with Crippen LogP contribution in [0.3, 0.4) is 0 Å². The number of carbonyl (C=O) groups is 1. The van der Waals surface area contributed by atoms with Crippen molar-refractivity contribution in [2.45, 2.75) is 13.3 Å². The van der Waals surface area contributed by atoms with Crippen LogP contribution in [0, 0.1) is 6.92 Å². The Morgan fingerprint density at radius 1 is 1.77 bits per heavy atom. The molecule has 4 nitrogen and oxygen atoms in total. The van der Waals surface area contributed by atoms with E-state index >= 15 is 0 Å². The molecule has 0 aliphatic rings. The Balaban J connectivity index is 2.28. The molecular formula is C8H12N2O2S. The number of nitrogens with one attached hydrogen (secondary N) is 1. The Labute approximate surface area is 80.9 Å². The minimum Gasteiger partial charge on any atom is -0.453 e. The summed E-state index contributed by atoms with van der Waals surface area (Å²) in [7, 11) is 1.35. The standard InChI is InChI=1S/C8H12N2O2S/c1-6-7(13-5-10-6)3-4-9-8(11)12-2/h5H,3-4H2,1-2H3,(H,9,11). The van der Waals surface area contributed by atoms with Gasteiger partial charge in [0.05, 0.1) is 18.3 Å². The molecule has 0 aromatic carbocycles. The van der Waals surface area contributed by atoms with Crippen LogP contribution in [0.2, 0.25) is 0 Å². The molecule has 1 heterocycles. The smallest absolute Gasteiger partial charge is 0.406 e. The van der Waals surface area contributed by atoms with E-state index < -0.39 is 0 Å². The maximum absolute atomic E-state index is 10.7. The van der Waals surface area contributed by atoms with Gasteiger partial charge in [-0.15, -0.1) is 11.3 Å². The highest BCUT2D eigenvalue weighted by Crippen LogP contribution is 2.11. The van der Waals surface area contributed by atoms with Gasteiger partial charge >= 0.3 is 6.09 Å². The summed E-state index contributed by atoms with van der Waals surface area (Å²) in [6.07, 6.45) is 0.424. The van der Waals surface area contributed by atoms with Gasteiger partial charge in [-0.3, -0.25) is 0 Å². The number of hydrogen-bond donors (Lipinski definition) is 1. The first-order chi connectivity index (χ1) is 6.24. The molecule has 0 fully saturated rings. The minimum atomic E-state index is -0.387. The van der Waals surface area contributed by atoms with Gasteiger partial charge in [0.1, 0.15) is 0 Å². The lowest BCUT2D eigenvalue weighted by Gasteiger charge is -2.01. The average molecular weight is 200 g/mol. The summed E-state index contributed by atoms with van der Waals surface area (Å²) in [5, 5.41) is 2.62. The summed E-state index contributed by atoms with van der Waals surface area (Å²) in [4.78, 5) is 16.0. The molecule has 0 aliphatic carbocycles. The molecule has 13 heavy (non-hydrogen) atoms. The third-order valence-corrected chi connectivity index (χ3v) is 2.65. The lowest BCUT2D eigenvalue weighted by atomic mass is 10.3. The number of aromatic nitrogens is 1. The van der Waals surface area contributed by atoms with Crippen molar-refractivity contribution in [3.63, 3.8) is 0 Å². The molecule has 1 aromatic heterocycles. The number of amides is 1. The monoisotopic (exact) mass is 200 g/mol. The van der Waals surface area contributed by atoms with Gasteiger partial charge in [-0.1, -0.05) is 0 Å². The lowest BCUT2D eigenvalue weighted by Crippen LogP contribution is -2.25. The van der Waals surface area contributed by atoms with Gasteiger partial charge < -0.3 is 10.1 Å². The Morgan fingerprint density at radius 2 is 2.54 bits per heavy atom. The Morgan fingerprint density at radius 3 is 3.08 bits per heavy atom. The van der Waals surface area contributed by atoms with E-state index in [2.05, 4.69) is 15.0 Å². The van der Waals surface area contributed by atoms with Gasteiger partial charge in [-0.2, -0.15) is 0 Å². The van der Waals surface area contributed by atoms with Crippen molar-refractivity contribution in [3.8, 4) is 0 Å². The molecule has 72 valence electrons. The number of aryl methyl sites for hydroxylation is 1. The number of carbonyl (C=O) groups excluding carboxylic acids is 1. The molecule has 0 atom stereocenters. The van der Waals surface area contributed by atoms with Crippen molar-refractivity contribution in [3.05, 3.63) is 16.1 Å². The minimum absolute atomic E-state index is 0.387. The number of alkyl carbamates (subject to hydrolysis) is 1. The van der Waals surface area contributed by atoms with Crippen molar-refractivity contribution in [1.82, 2.24) is 10.3 Å². The molecule has 0 unspecified atom stereocenters. The molecule has 0 saturated heterocycles. The first kappa shape index (κ1) is 9.98. The maximum atomic E-state index is 10.7. The second-order valence-electron chi connectivity index (χ2n) is 2.53. The second kappa shape index (κ2) is 4.81. The molecule has 0 spiro atoms.